The molecule has 0 fully saturated rings. The minimum absolute atomic E-state index is 1.07. The second-order valence-corrected chi connectivity index (χ2v) is 4.68. The first kappa shape index (κ1) is 9.93. The maximum atomic E-state index is 2.27. The van der Waals surface area contributed by atoms with E-state index in [0.29, 0.717) is 0 Å². The first-order chi connectivity index (χ1) is 7.36. The minimum atomic E-state index is 1.07. The van der Waals surface area contributed by atoms with E-state index in [1.165, 1.54) is 16.3 Å². The Hall–Kier alpha value is -1.60. The van der Waals surface area contributed by atoms with Gasteiger partial charge in [0.15, 0.2) is 0 Å². The summed E-state index contributed by atoms with van der Waals surface area (Å²) >= 11 is 0. The van der Waals surface area contributed by atoms with Gasteiger partial charge >= 0.3 is 0 Å². The molecule has 0 spiro atoms. The summed E-state index contributed by atoms with van der Waals surface area (Å²) < 4.78 is 0. The molecule has 0 bridgehead atoms. The topological polar surface area (TPSA) is 0 Å². The maximum absolute atomic E-state index is 2.27. The Morgan fingerprint density at radius 2 is 1.33 bits per heavy atom. The Kier molecular flexibility index (Phi) is 3.15. The van der Waals surface area contributed by atoms with Crippen LogP contribution in [0.5, 0.6) is 0 Å². The van der Waals surface area contributed by atoms with Crippen molar-refractivity contribution in [1.82, 2.24) is 0 Å². The molecule has 2 rings (SSSR count). The van der Waals surface area contributed by atoms with E-state index in [2.05, 4.69) is 60.7 Å². The molecule has 0 radical (unpaired) electrons. The van der Waals surface area contributed by atoms with Crippen molar-refractivity contribution in [3.63, 3.8) is 0 Å². The van der Waals surface area contributed by atoms with E-state index in [9.17, 15) is 0 Å². The molecule has 0 saturated heterocycles. The Morgan fingerprint density at radius 3 is 1.93 bits per heavy atom. The zero-order valence-electron chi connectivity index (χ0n) is 8.85. The molecule has 0 amide bonds. The third-order valence-corrected chi connectivity index (χ3v) is 3.28. The van der Waals surface area contributed by atoms with E-state index in [0.717, 1.165) is 10.2 Å². The number of rotatable bonds is 2. The summed E-state index contributed by atoms with van der Waals surface area (Å²) in [6, 6.07) is 21.0. The molecular formula is C14H14Si. The Labute approximate surface area is 93.7 Å². The lowest BCUT2D eigenvalue weighted by Gasteiger charge is -2.01. The summed E-state index contributed by atoms with van der Waals surface area (Å²) in [5.41, 5.74) is 2.62. The monoisotopic (exact) mass is 210 g/mol. The second-order valence-electron chi connectivity index (χ2n) is 3.60. The van der Waals surface area contributed by atoms with Gasteiger partial charge < -0.3 is 0 Å². The zero-order chi connectivity index (χ0) is 10.5. The summed E-state index contributed by atoms with van der Waals surface area (Å²) in [5, 5.41) is 1.43. The third kappa shape index (κ3) is 2.67. The zero-order valence-corrected chi connectivity index (χ0v) is 10.9. The van der Waals surface area contributed by atoms with Crippen LogP contribution in [0.15, 0.2) is 60.7 Å². The van der Waals surface area contributed by atoms with E-state index in [1.807, 2.05) is 6.07 Å². The van der Waals surface area contributed by atoms with Crippen molar-refractivity contribution in [1.29, 1.82) is 0 Å². The summed E-state index contributed by atoms with van der Waals surface area (Å²) in [6.07, 6.45) is 2.27. The van der Waals surface area contributed by atoms with E-state index in [4.69, 9.17) is 0 Å². The third-order valence-electron chi connectivity index (χ3n) is 2.41. The average molecular weight is 210 g/mol. The number of hydrogen-bond acceptors (Lipinski definition) is 0. The highest BCUT2D eigenvalue weighted by molar-refractivity contribution is 6.45. The van der Waals surface area contributed by atoms with E-state index < -0.39 is 0 Å². The van der Waals surface area contributed by atoms with Gasteiger partial charge in [0.2, 0.25) is 0 Å². The van der Waals surface area contributed by atoms with Crippen LogP contribution in [0.1, 0.15) is 11.1 Å². The lowest BCUT2D eigenvalue weighted by Crippen LogP contribution is -1.82. The van der Waals surface area contributed by atoms with Gasteiger partial charge in [-0.05, 0) is 11.1 Å². The molecule has 2 aromatic rings. The summed E-state index contributed by atoms with van der Waals surface area (Å²) in [4.78, 5) is 0. The summed E-state index contributed by atoms with van der Waals surface area (Å²) in [7, 11) is 1.07. The fourth-order valence-electron chi connectivity index (χ4n) is 1.58. The Morgan fingerprint density at radius 1 is 0.800 bits per heavy atom. The van der Waals surface area contributed by atoms with Gasteiger partial charge in [-0.2, -0.15) is 0 Å². The van der Waals surface area contributed by atoms with Gasteiger partial charge in [0, 0.05) is 10.2 Å². The molecule has 74 valence electrons. The largest absolute Gasteiger partial charge is 0.0631 e. The summed E-state index contributed by atoms with van der Waals surface area (Å²) in [5.74, 6) is 0. The molecule has 0 aliphatic heterocycles. The van der Waals surface area contributed by atoms with Gasteiger partial charge in [-0.25, -0.2) is 0 Å². The van der Waals surface area contributed by atoms with Gasteiger partial charge in [-0.15, -0.1) is 0 Å². The van der Waals surface area contributed by atoms with Crippen molar-refractivity contribution in [3.05, 3.63) is 71.8 Å². The van der Waals surface area contributed by atoms with Gasteiger partial charge in [0.05, 0.1) is 0 Å². The van der Waals surface area contributed by atoms with Crippen LogP contribution in [-0.2, 0) is 0 Å². The molecule has 0 aromatic heterocycles. The fourth-order valence-corrected chi connectivity index (χ4v) is 2.25. The van der Waals surface area contributed by atoms with Crippen LogP contribution in [0.4, 0.5) is 0 Å². The first-order valence-corrected chi connectivity index (χ1v) is 6.15. The van der Waals surface area contributed by atoms with Crippen molar-refractivity contribution in [2.45, 2.75) is 0 Å². The van der Waals surface area contributed by atoms with E-state index in [1.54, 1.807) is 0 Å². The quantitative estimate of drug-likeness (QED) is 0.528. The molecule has 2 aromatic carbocycles. The molecule has 0 nitrogen and oxygen atoms in total. The van der Waals surface area contributed by atoms with Gasteiger partial charge in [-0.1, -0.05) is 71.9 Å². The van der Waals surface area contributed by atoms with Crippen LogP contribution in [0.25, 0.3) is 11.3 Å². The van der Waals surface area contributed by atoms with Crippen molar-refractivity contribution >= 4 is 21.5 Å². The van der Waals surface area contributed by atoms with Crippen LogP contribution < -0.4 is 0 Å². The standard InChI is InChI=1S/C14H14Si/c15-14(13-9-5-2-6-10-13)11-12-7-3-1-4-8-12/h1-11H,15H3. The van der Waals surface area contributed by atoms with Crippen LogP contribution in [0, 0.1) is 0 Å². The van der Waals surface area contributed by atoms with Crippen molar-refractivity contribution in [2.75, 3.05) is 0 Å². The van der Waals surface area contributed by atoms with Crippen LogP contribution in [0.2, 0.25) is 0 Å². The molecule has 0 aliphatic rings. The minimum Gasteiger partial charge on any atom is -0.0631 e. The van der Waals surface area contributed by atoms with Crippen molar-refractivity contribution in [3.8, 4) is 0 Å². The number of benzene rings is 2. The van der Waals surface area contributed by atoms with Gasteiger partial charge in [0.1, 0.15) is 0 Å². The second kappa shape index (κ2) is 4.76. The van der Waals surface area contributed by atoms with Gasteiger partial charge in [0.25, 0.3) is 0 Å². The molecule has 0 heterocycles. The smallest absolute Gasteiger partial charge is 0.0393 e. The van der Waals surface area contributed by atoms with E-state index >= 15 is 0 Å². The average Bonchev–Trinajstić information content (AvgIpc) is 2.31. The van der Waals surface area contributed by atoms with Crippen LogP contribution in [0.3, 0.4) is 0 Å². The molecule has 15 heavy (non-hydrogen) atoms. The van der Waals surface area contributed by atoms with Crippen molar-refractivity contribution < 1.29 is 0 Å². The van der Waals surface area contributed by atoms with Crippen LogP contribution in [-0.4, -0.2) is 10.2 Å². The molecule has 1 heteroatoms. The molecule has 0 atom stereocenters. The molecule has 0 N–H and O–H groups in total. The van der Waals surface area contributed by atoms with Crippen molar-refractivity contribution in [2.24, 2.45) is 0 Å². The highest BCUT2D eigenvalue weighted by Crippen LogP contribution is 2.14. The normalized spacial score (nSPS) is 11.6. The lowest BCUT2D eigenvalue weighted by atomic mass is 10.1. The summed E-state index contributed by atoms with van der Waals surface area (Å²) in [6.45, 7) is 0. The van der Waals surface area contributed by atoms with Gasteiger partial charge in [-0.3, -0.25) is 0 Å². The first-order valence-electron chi connectivity index (χ1n) is 5.15. The fraction of sp³-hybridized carbons (Fsp3) is 0. The predicted molar refractivity (Wildman–Crippen MR) is 70.7 cm³/mol. The predicted octanol–water partition coefficient (Wildman–Crippen LogP) is 2.55. The highest BCUT2D eigenvalue weighted by atomic mass is 28.1. The maximum Gasteiger partial charge on any atom is 0.0393 e. The molecule has 0 aliphatic carbocycles. The van der Waals surface area contributed by atoms with E-state index in [-0.39, 0.29) is 0 Å². The Balaban J connectivity index is 2.29. The lowest BCUT2D eigenvalue weighted by molar-refractivity contribution is 1.64. The molecule has 0 unspecified atom stereocenters. The highest BCUT2D eigenvalue weighted by Gasteiger charge is 1.93. The molecule has 0 saturated carbocycles. The molecular weight excluding hydrogens is 196 g/mol. The Bertz CT molecular complexity index is 443. The number of hydrogen-bond donors (Lipinski definition) is 0. The van der Waals surface area contributed by atoms with Crippen LogP contribution >= 0.6 is 0 Å². The SMILES string of the molecule is [SiH3]C(=Cc1ccccc1)c1ccccc1.